The van der Waals surface area contributed by atoms with Gasteiger partial charge < -0.3 is 10.6 Å². The third-order valence-corrected chi connectivity index (χ3v) is 3.62. The zero-order valence-corrected chi connectivity index (χ0v) is 10.00. The van der Waals surface area contributed by atoms with Crippen molar-refractivity contribution in [3.63, 3.8) is 0 Å². The van der Waals surface area contributed by atoms with E-state index in [1.807, 2.05) is 7.05 Å². The van der Waals surface area contributed by atoms with E-state index in [1.165, 1.54) is 6.42 Å². The van der Waals surface area contributed by atoms with Crippen LogP contribution in [0.3, 0.4) is 0 Å². The van der Waals surface area contributed by atoms with Gasteiger partial charge in [-0.3, -0.25) is 4.79 Å². The monoisotopic (exact) mass is 238 g/mol. The predicted molar refractivity (Wildman–Crippen MR) is 65.6 cm³/mol. The third-order valence-electron chi connectivity index (χ3n) is 3.20. The number of carbonyl (C=O) groups is 1. The number of nitrogens with two attached hydrogens (primary N) is 1. The fraction of sp³-hybridized carbons (Fsp3) is 0.417. The maximum atomic E-state index is 12.1. The summed E-state index contributed by atoms with van der Waals surface area (Å²) in [6, 6.07) is 5.53. The van der Waals surface area contributed by atoms with E-state index in [2.05, 4.69) is 0 Å². The topological polar surface area (TPSA) is 46.3 Å². The summed E-state index contributed by atoms with van der Waals surface area (Å²) in [5, 5.41) is 0.360. The molecule has 1 saturated carbocycles. The molecular weight excluding hydrogens is 224 g/mol. The van der Waals surface area contributed by atoms with Crippen LogP contribution < -0.4 is 5.73 Å². The van der Waals surface area contributed by atoms with Gasteiger partial charge in [0.05, 0.1) is 16.3 Å². The molecule has 1 aromatic carbocycles. The lowest BCUT2D eigenvalue weighted by molar-refractivity contribution is 0.0652. The van der Waals surface area contributed by atoms with E-state index in [9.17, 15) is 4.79 Å². The SMILES string of the molecule is CN(C(=O)c1cccc(N)c1Cl)C1CCC1. The molecule has 0 atom stereocenters. The summed E-state index contributed by atoms with van der Waals surface area (Å²) in [6.07, 6.45) is 3.37. The first-order valence-electron chi connectivity index (χ1n) is 5.42. The van der Waals surface area contributed by atoms with Crippen LogP contribution in [0.1, 0.15) is 29.6 Å². The molecule has 0 aliphatic heterocycles. The first-order valence-corrected chi connectivity index (χ1v) is 5.80. The highest BCUT2D eigenvalue weighted by molar-refractivity contribution is 6.36. The lowest BCUT2D eigenvalue weighted by Gasteiger charge is -2.34. The molecule has 2 rings (SSSR count). The highest BCUT2D eigenvalue weighted by Gasteiger charge is 2.27. The number of hydrogen-bond acceptors (Lipinski definition) is 2. The smallest absolute Gasteiger partial charge is 0.255 e. The fourth-order valence-electron chi connectivity index (χ4n) is 1.84. The molecule has 0 heterocycles. The maximum absolute atomic E-state index is 12.1. The largest absolute Gasteiger partial charge is 0.398 e. The van der Waals surface area contributed by atoms with Crippen LogP contribution in [-0.2, 0) is 0 Å². The Labute approximate surface area is 100 Å². The van der Waals surface area contributed by atoms with Gasteiger partial charge in [-0.05, 0) is 31.4 Å². The number of hydrogen-bond donors (Lipinski definition) is 1. The van der Waals surface area contributed by atoms with Crippen molar-refractivity contribution in [1.82, 2.24) is 4.90 Å². The van der Waals surface area contributed by atoms with E-state index in [4.69, 9.17) is 17.3 Å². The zero-order valence-electron chi connectivity index (χ0n) is 9.24. The Balaban J connectivity index is 2.22. The van der Waals surface area contributed by atoms with Gasteiger partial charge in [0, 0.05) is 13.1 Å². The van der Waals surface area contributed by atoms with Crippen molar-refractivity contribution in [2.45, 2.75) is 25.3 Å². The average molecular weight is 239 g/mol. The molecule has 0 radical (unpaired) electrons. The van der Waals surface area contributed by atoms with Gasteiger partial charge in [0.15, 0.2) is 0 Å². The van der Waals surface area contributed by atoms with Crippen LogP contribution in [0.15, 0.2) is 18.2 Å². The quantitative estimate of drug-likeness (QED) is 0.805. The van der Waals surface area contributed by atoms with E-state index in [0.29, 0.717) is 22.3 Å². The maximum Gasteiger partial charge on any atom is 0.255 e. The van der Waals surface area contributed by atoms with Crippen LogP contribution in [-0.4, -0.2) is 23.9 Å². The van der Waals surface area contributed by atoms with Crippen LogP contribution in [0.4, 0.5) is 5.69 Å². The van der Waals surface area contributed by atoms with Gasteiger partial charge in [0.2, 0.25) is 0 Å². The summed E-state index contributed by atoms with van der Waals surface area (Å²) in [6.45, 7) is 0. The molecule has 0 aromatic heterocycles. The van der Waals surface area contributed by atoms with Crippen molar-refractivity contribution in [2.75, 3.05) is 12.8 Å². The molecule has 3 nitrogen and oxygen atoms in total. The molecule has 1 fully saturated rings. The Hall–Kier alpha value is -1.22. The molecule has 1 aliphatic carbocycles. The van der Waals surface area contributed by atoms with Crippen molar-refractivity contribution >= 4 is 23.2 Å². The third kappa shape index (κ3) is 1.87. The molecule has 1 aliphatic rings. The number of nitrogen functional groups attached to an aromatic ring is 1. The minimum atomic E-state index is -0.0398. The highest BCUT2D eigenvalue weighted by atomic mass is 35.5. The molecule has 86 valence electrons. The number of amides is 1. The van der Waals surface area contributed by atoms with E-state index in [-0.39, 0.29) is 5.91 Å². The van der Waals surface area contributed by atoms with Gasteiger partial charge in [0.25, 0.3) is 5.91 Å². The summed E-state index contributed by atoms with van der Waals surface area (Å²) in [4.78, 5) is 13.9. The fourth-order valence-corrected chi connectivity index (χ4v) is 2.05. The van der Waals surface area contributed by atoms with Crippen LogP contribution in [0.5, 0.6) is 0 Å². The van der Waals surface area contributed by atoms with Gasteiger partial charge in [-0.25, -0.2) is 0 Å². The Morgan fingerprint density at radius 3 is 2.75 bits per heavy atom. The summed E-state index contributed by atoms with van der Waals surface area (Å²) in [5.41, 5.74) is 6.63. The predicted octanol–water partition coefficient (Wildman–Crippen LogP) is 2.55. The zero-order chi connectivity index (χ0) is 11.7. The van der Waals surface area contributed by atoms with Crippen molar-refractivity contribution < 1.29 is 4.79 Å². The van der Waals surface area contributed by atoms with Crippen LogP contribution in [0.2, 0.25) is 5.02 Å². The highest BCUT2D eigenvalue weighted by Crippen LogP contribution is 2.28. The molecule has 0 saturated heterocycles. The molecule has 2 N–H and O–H groups in total. The Kier molecular flexibility index (Phi) is 3.06. The van der Waals surface area contributed by atoms with Gasteiger partial charge in [-0.15, -0.1) is 0 Å². The normalized spacial score (nSPS) is 15.6. The first kappa shape index (κ1) is 11.3. The minimum Gasteiger partial charge on any atom is -0.398 e. The standard InChI is InChI=1S/C12H15ClN2O/c1-15(8-4-2-5-8)12(16)9-6-3-7-10(14)11(9)13/h3,6-8H,2,4-5,14H2,1H3. The summed E-state index contributed by atoms with van der Waals surface area (Å²) in [5.74, 6) is -0.0398. The number of carbonyl (C=O) groups excluding carboxylic acids is 1. The van der Waals surface area contributed by atoms with Gasteiger partial charge in [-0.1, -0.05) is 17.7 Å². The van der Waals surface area contributed by atoms with Crippen LogP contribution >= 0.6 is 11.6 Å². The minimum absolute atomic E-state index is 0.0398. The Bertz CT molecular complexity index is 415. The van der Waals surface area contributed by atoms with Gasteiger partial charge >= 0.3 is 0 Å². The van der Waals surface area contributed by atoms with E-state index in [1.54, 1.807) is 23.1 Å². The van der Waals surface area contributed by atoms with Crippen molar-refractivity contribution in [3.8, 4) is 0 Å². The number of halogens is 1. The Morgan fingerprint density at radius 1 is 1.50 bits per heavy atom. The molecule has 0 spiro atoms. The van der Waals surface area contributed by atoms with Crippen molar-refractivity contribution in [3.05, 3.63) is 28.8 Å². The molecule has 0 bridgehead atoms. The van der Waals surface area contributed by atoms with Crippen LogP contribution in [0, 0.1) is 0 Å². The lowest BCUT2D eigenvalue weighted by atomic mass is 9.91. The second-order valence-electron chi connectivity index (χ2n) is 4.21. The number of nitrogens with zero attached hydrogens (tertiary/aromatic N) is 1. The van der Waals surface area contributed by atoms with E-state index >= 15 is 0 Å². The number of rotatable bonds is 2. The molecular formula is C12H15ClN2O. The number of benzene rings is 1. The van der Waals surface area contributed by atoms with Crippen molar-refractivity contribution in [1.29, 1.82) is 0 Å². The molecule has 1 aromatic rings. The molecule has 16 heavy (non-hydrogen) atoms. The molecule has 1 amide bonds. The molecule has 0 unspecified atom stereocenters. The van der Waals surface area contributed by atoms with E-state index < -0.39 is 0 Å². The van der Waals surface area contributed by atoms with Crippen molar-refractivity contribution in [2.24, 2.45) is 0 Å². The summed E-state index contributed by atoms with van der Waals surface area (Å²) >= 11 is 6.03. The summed E-state index contributed by atoms with van der Waals surface area (Å²) in [7, 11) is 1.83. The first-order chi connectivity index (χ1) is 7.61. The second kappa shape index (κ2) is 4.34. The van der Waals surface area contributed by atoms with Crippen LogP contribution in [0.25, 0.3) is 0 Å². The molecule has 4 heteroatoms. The van der Waals surface area contributed by atoms with Gasteiger partial charge in [0.1, 0.15) is 0 Å². The lowest BCUT2D eigenvalue weighted by Crippen LogP contribution is -2.41. The Morgan fingerprint density at radius 2 is 2.19 bits per heavy atom. The second-order valence-corrected chi connectivity index (χ2v) is 4.59. The van der Waals surface area contributed by atoms with E-state index in [0.717, 1.165) is 12.8 Å². The van der Waals surface area contributed by atoms with Gasteiger partial charge in [-0.2, -0.15) is 0 Å². The number of anilines is 1. The average Bonchev–Trinajstić information content (AvgIpc) is 2.18. The summed E-state index contributed by atoms with van der Waals surface area (Å²) < 4.78 is 0.